The Balaban J connectivity index is 1.77. The highest BCUT2D eigenvalue weighted by molar-refractivity contribution is 5.88. The van der Waals surface area contributed by atoms with E-state index in [1.165, 1.54) is 7.11 Å². The summed E-state index contributed by atoms with van der Waals surface area (Å²) >= 11 is 0. The number of carbonyl (C=O) groups is 2. The van der Waals surface area contributed by atoms with Crippen LogP contribution in [0.25, 0.3) is 0 Å². The summed E-state index contributed by atoms with van der Waals surface area (Å²) in [6.07, 6.45) is 2.20. The predicted octanol–water partition coefficient (Wildman–Crippen LogP) is 0.506. The molecule has 1 amide bonds. The lowest BCUT2D eigenvalue weighted by atomic mass is 10.1. The molecule has 0 bridgehead atoms. The topological polar surface area (TPSA) is 87.7 Å². The Morgan fingerprint density at radius 2 is 1.96 bits per heavy atom. The van der Waals surface area contributed by atoms with Gasteiger partial charge in [-0.2, -0.15) is 4.98 Å². The van der Waals surface area contributed by atoms with Gasteiger partial charge in [0.05, 0.1) is 13.2 Å². The first kappa shape index (κ1) is 15.5. The van der Waals surface area contributed by atoms with Crippen molar-refractivity contribution in [3.8, 4) is 0 Å². The van der Waals surface area contributed by atoms with Crippen LogP contribution in [-0.2, 0) is 9.53 Å². The molecule has 0 atom stereocenters. The fourth-order valence-corrected chi connectivity index (χ4v) is 2.81. The second kappa shape index (κ2) is 6.39. The average molecular weight is 319 g/mol. The van der Waals surface area contributed by atoms with Gasteiger partial charge in [0.15, 0.2) is 5.69 Å². The molecule has 0 aromatic carbocycles. The Hall–Kier alpha value is -2.38. The molecule has 1 N–H and O–H groups in total. The molecule has 2 fully saturated rings. The number of carbonyl (C=O) groups excluding carboxylic acids is 2. The Morgan fingerprint density at radius 3 is 2.57 bits per heavy atom. The third-order valence-electron chi connectivity index (χ3n) is 4.18. The lowest BCUT2D eigenvalue weighted by Gasteiger charge is -2.39. The first-order chi connectivity index (χ1) is 11.1. The van der Waals surface area contributed by atoms with Gasteiger partial charge in [-0.25, -0.2) is 9.78 Å². The van der Waals surface area contributed by atoms with Crippen molar-refractivity contribution in [2.75, 3.05) is 43.5 Å². The molecule has 2 saturated heterocycles. The normalized spacial score (nSPS) is 17.8. The molecule has 3 heterocycles. The van der Waals surface area contributed by atoms with Gasteiger partial charge in [0, 0.05) is 39.2 Å². The minimum atomic E-state index is -0.477. The number of hydrogen-bond donors (Lipinski definition) is 1. The van der Waals surface area contributed by atoms with E-state index in [4.69, 9.17) is 4.74 Å². The first-order valence-electron chi connectivity index (χ1n) is 7.81. The Morgan fingerprint density at radius 1 is 1.26 bits per heavy atom. The van der Waals surface area contributed by atoms with Crippen LogP contribution in [0.5, 0.6) is 0 Å². The van der Waals surface area contributed by atoms with Crippen LogP contribution in [0.15, 0.2) is 6.07 Å². The zero-order valence-electron chi connectivity index (χ0n) is 13.4. The summed E-state index contributed by atoms with van der Waals surface area (Å²) in [6.45, 7) is 4.64. The van der Waals surface area contributed by atoms with Gasteiger partial charge in [-0.15, -0.1) is 0 Å². The largest absolute Gasteiger partial charge is 0.464 e. The Labute approximate surface area is 134 Å². The molecule has 3 rings (SSSR count). The van der Waals surface area contributed by atoms with Crippen LogP contribution in [0.3, 0.4) is 0 Å². The molecule has 0 saturated carbocycles. The van der Waals surface area contributed by atoms with Crippen LogP contribution in [0, 0.1) is 0 Å². The highest BCUT2D eigenvalue weighted by atomic mass is 16.5. The number of methoxy groups -OCH3 is 1. The highest BCUT2D eigenvalue weighted by Gasteiger charge is 2.29. The number of aromatic nitrogens is 2. The maximum absolute atomic E-state index is 11.8. The summed E-state index contributed by atoms with van der Waals surface area (Å²) in [4.78, 5) is 35.7. The van der Waals surface area contributed by atoms with Crippen LogP contribution in [-0.4, -0.2) is 66.1 Å². The molecular weight excluding hydrogens is 298 g/mol. The first-order valence-corrected chi connectivity index (χ1v) is 7.81. The Bertz CT molecular complexity index is 609. The van der Waals surface area contributed by atoms with Gasteiger partial charge in [-0.3, -0.25) is 4.79 Å². The maximum atomic E-state index is 11.8. The van der Waals surface area contributed by atoms with Crippen LogP contribution < -0.4 is 10.2 Å². The molecule has 0 spiro atoms. The lowest BCUT2D eigenvalue weighted by molar-refractivity contribution is -0.132. The van der Waals surface area contributed by atoms with Crippen LogP contribution in [0.1, 0.15) is 30.3 Å². The summed E-state index contributed by atoms with van der Waals surface area (Å²) < 4.78 is 4.77. The molecule has 0 aliphatic carbocycles. The lowest BCUT2D eigenvalue weighted by Crippen LogP contribution is -2.56. The number of hydrogen-bond acceptors (Lipinski definition) is 7. The van der Waals surface area contributed by atoms with E-state index < -0.39 is 5.97 Å². The molecule has 23 heavy (non-hydrogen) atoms. The summed E-state index contributed by atoms with van der Waals surface area (Å²) in [5.41, 5.74) is 0.245. The number of amides is 1. The third-order valence-corrected chi connectivity index (χ3v) is 4.18. The Kier molecular flexibility index (Phi) is 4.31. The summed E-state index contributed by atoms with van der Waals surface area (Å²) in [6, 6.07) is 1.74. The standard InChI is InChI=1S/C15H21N5O3/c1-10(21)20-8-11(9-20)16-13-7-12(14(22)23-2)17-15(18-13)19-5-3-4-6-19/h7,11H,3-6,8-9H2,1-2H3,(H,16,17,18). The van der Waals surface area contributed by atoms with Crippen molar-refractivity contribution in [2.45, 2.75) is 25.8 Å². The third kappa shape index (κ3) is 3.35. The van der Waals surface area contributed by atoms with E-state index >= 15 is 0 Å². The van der Waals surface area contributed by atoms with Crippen LogP contribution in [0.4, 0.5) is 11.8 Å². The number of rotatable bonds is 4. The van der Waals surface area contributed by atoms with Gasteiger partial charge in [-0.1, -0.05) is 0 Å². The summed E-state index contributed by atoms with van der Waals surface area (Å²) in [7, 11) is 1.34. The quantitative estimate of drug-likeness (QED) is 0.809. The van der Waals surface area contributed by atoms with Gasteiger partial charge in [-0.05, 0) is 12.8 Å². The molecule has 1 aromatic rings. The molecule has 2 aliphatic rings. The summed E-state index contributed by atoms with van der Waals surface area (Å²) in [5.74, 6) is 0.736. The molecule has 0 unspecified atom stereocenters. The highest BCUT2D eigenvalue weighted by Crippen LogP contribution is 2.21. The van der Waals surface area contributed by atoms with Crippen molar-refractivity contribution in [3.05, 3.63) is 11.8 Å². The second-order valence-corrected chi connectivity index (χ2v) is 5.89. The van der Waals surface area contributed by atoms with E-state index in [0.717, 1.165) is 25.9 Å². The van der Waals surface area contributed by atoms with E-state index in [2.05, 4.69) is 20.2 Å². The average Bonchev–Trinajstić information content (AvgIpc) is 3.03. The van der Waals surface area contributed by atoms with Crippen molar-refractivity contribution < 1.29 is 14.3 Å². The van der Waals surface area contributed by atoms with Crippen molar-refractivity contribution in [2.24, 2.45) is 0 Å². The monoisotopic (exact) mass is 319 g/mol. The number of ether oxygens (including phenoxy) is 1. The molecule has 124 valence electrons. The van der Waals surface area contributed by atoms with Crippen LogP contribution >= 0.6 is 0 Å². The smallest absolute Gasteiger partial charge is 0.356 e. The van der Waals surface area contributed by atoms with Gasteiger partial charge < -0.3 is 19.9 Å². The van der Waals surface area contributed by atoms with E-state index in [9.17, 15) is 9.59 Å². The minimum absolute atomic E-state index is 0.0683. The van der Waals surface area contributed by atoms with Crippen molar-refractivity contribution in [1.82, 2.24) is 14.9 Å². The van der Waals surface area contributed by atoms with Gasteiger partial charge in [0.1, 0.15) is 5.82 Å². The molecular formula is C15H21N5O3. The van der Waals surface area contributed by atoms with Crippen LogP contribution in [0.2, 0.25) is 0 Å². The van der Waals surface area contributed by atoms with Crippen molar-refractivity contribution in [1.29, 1.82) is 0 Å². The molecule has 0 radical (unpaired) electrons. The van der Waals surface area contributed by atoms with Gasteiger partial charge >= 0.3 is 5.97 Å². The maximum Gasteiger partial charge on any atom is 0.356 e. The fourth-order valence-electron chi connectivity index (χ4n) is 2.81. The van der Waals surface area contributed by atoms with Crippen molar-refractivity contribution in [3.63, 3.8) is 0 Å². The zero-order valence-corrected chi connectivity index (χ0v) is 13.4. The predicted molar refractivity (Wildman–Crippen MR) is 84.5 cm³/mol. The number of likely N-dealkylation sites (tertiary alicyclic amines) is 1. The number of anilines is 2. The van der Waals surface area contributed by atoms with E-state index in [1.807, 2.05) is 0 Å². The second-order valence-electron chi connectivity index (χ2n) is 5.89. The fraction of sp³-hybridized carbons (Fsp3) is 0.600. The SMILES string of the molecule is COC(=O)c1cc(NC2CN(C(C)=O)C2)nc(N2CCCC2)n1. The van der Waals surface area contributed by atoms with Gasteiger partial charge in [0.2, 0.25) is 11.9 Å². The molecule has 1 aromatic heterocycles. The number of esters is 1. The molecule has 8 heteroatoms. The molecule has 2 aliphatic heterocycles. The van der Waals surface area contributed by atoms with E-state index in [1.54, 1.807) is 17.9 Å². The van der Waals surface area contributed by atoms with E-state index in [-0.39, 0.29) is 17.6 Å². The summed E-state index contributed by atoms with van der Waals surface area (Å²) in [5, 5.41) is 3.27. The van der Waals surface area contributed by atoms with Gasteiger partial charge in [0.25, 0.3) is 0 Å². The van der Waals surface area contributed by atoms with Crippen molar-refractivity contribution >= 4 is 23.6 Å². The number of nitrogens with zero attached hydrogens (tertiary/aromatic N) is 4. The molecule has 8 nitrogen and oxygen atoms in total. The number of nitrogens with one attached hydrogen (secondary N) is 1. The van der Waals surface area contributed by atoms with E-state index in [0.29, 0.717) is 24.9 Å². The minimum Gasteiger partial charge on any atom is -0.464 e. The zero-order chi connectivity index (χ0) is 16.4.